The van der Waals surface area contributed by atoms with Crippen LogP contribution in [0.4, 0.5) is 5.69 Å². The quantitative estimate of drug-likeness (QED) is 0.873. The molecule has 1 aromatic rings. The van der Waals surface area contributed by atoms with E-state index in [1.807, 2.05) is 13.0 Å². The van der Waals surface area contributed by atoms with Gasteiger partial charge >= 0.3 is 0 Å². The summed E-state index contributed by atoms with van der Waals surface area (Å²) in [6.45, 7) is 5.58. The fourth-order valence-electron chi connectivity index (χ4n) is 2.75. The van der Waals surface area contributed by atoms with E-state index in [1.54, 1.807) is 11.1 Å². The largest absolute Gasteiger partial charge is 0.394 e. The van der Waals surface area contributed by atoms with Gasteiger partial charge in [0.25, 0.3) is 5.91 Å². The second-order valence-corrected chi connectivity index (χ2v) is 5.63. The number of anilines is 1. The number of pyridine rings is 1. The standard InChI is InChI=1S/C16H25N3O2/c1-3-7-17-15-9-12(2)18-10-14(15)16(21)19-8-5-4-6-13(19)11-20/h9-10,13,20H,3-8,11H2,1-2H3,(H,17,18). The number of rotatable bonds is 5. The van der Waals surface area contributed by atoms with Crippen LogP contribution < -0.4 is 5.32 Å². The predicted octanol–water partition coefficient (Wildman–Crippen LogP) is 2.20. The van der Waals surface area contributed by atoms with Gasteiger partial charge in [-0.25, -0.2) is 0 Å². The first-order chi connectivity index (χ1) is 10.2. The number of nitrogens with zero attached hydrogens (tertiary/aromatic N) is 2. The summed E-state index contributed by atoms with van der Waals surface area (Å²) in [5, 5.41) is 12.8. The number of piperidine rings is 1. The molecule has 2 heterocycles. The van der Waals surface area contributed by atoms with Crippen molar-refractivity contribution in [2.45, 2.75) is 45.6 Å². The highest BCUT2D eigenvalue weighted by Crippen LogP contribution is 2.23. The molecule has 1 atom stereocenters. The van der Waals surface area contributed by atoms with Crippen LogP contribution in [0.25, 0.3) is 0 Å². The second-order valence-electron chi connectivity index (χ2n) is 5.63. The summed E-state index contributed by atoms with van der Waals surface area (Å²) < 4.78 is 0. The van der Waals surface area contributed by atoms with Crippen LogP contribution in [0.1, 0.15) is 48.7 Å². The number of nitrogens with one attached hydrogen (secondary N) is 1. The van der Waals surface area contributed by atoms with Gasteiger partial charge in [0.2, 0.25) is 0 Å². The van der Waals surface area contributed by atoms with E-state index in [0.29, 0.717) is 12.1 Å². The molecule has 1 aliphatic rings. The van der Waals surface area contributed by atoms with Crippen molar-refractivity contribution in [2.24, 2.45) is 0 Å². The average Bonchev–Trinajstić information content (AvgIpc) is 2.52. The first-order valence-corrected chi connectivity index (χ1v) is 7.79. The monoisotopic (exact) mass is 291 g/mol. The summed E-state index contributed by atoms with van der Waals surface area (Å²) in [6, 6.07) is 1.85. The van der Waals surface area contributed by atoms with Crippen molar-refractivity contribution in [3.05, 3.63) is 23.5 Å². The predicted molar refractivity (Wildman–Crippen MR) is 83.5 cm³/mol. The minimum atomic E-state index is -0.0634. The average molecular weight is 291 g/mol. The van der Waals surface area contributed by atoms with E-state index in [4.69, 9.17) is 0 Å². The van der Waals surface area contributed by atoms with Gasteiger partial charge in [-0.2, -0.15) is 0 Å². The van der Waals surface area contributed by atoms with Crippen LogP contribution in [0.15, 0.2) is 12.3 Å². The summed E-state index contributed by atoms with van der Waals surface area (Å²) in [5.74, 6) is -0.0279. The van der Waals surface area contributed by atoms with E-state index >= 15 is 0 Å². The number of hydrogen-bond donors (Lipinski definition) is 2. The van der Waals surface area contributed by atoms with Crippen molar-refractivity contribution in [3.63, 3.8) is 0 Å². The molecule has 1 aromatic heterocycles. The topological polar surface area (TPSA) is 65.5 Å². The van der Waals surface area contributed by atoms with E-state index in [2.05, 4.69) is 17.2 Å². The SMILES string of the molecule is CCCNc1cc(C)ncc1C(=O)N1CCCCC1CO. The van der Waals surface area contributed by atoms with Crippen molar-refractivity contribution in [2.75, 3.05) is 25.0 Å². The number of aliphatic hydroxyl groups excluding tert-OH is 1. The van der Waals surface area contributed by atoms with Crippen LogP contribution in [0.5, 0.6) is 0 Å². The molecule has 1 saturated heterocycles. The van der Waals surface area contributed by atoms with E-state index in [9.17, 15) is 9.90 Å². The molecule has 0 aliphatic carbocycles. The van der Waals surface area contributed by atoms with E-state index in [1.165, 1.54) is 0 Å². The van der Waals surface area contributed by atoms with Crippen LogP contribution in [0.3, 0.4) is 0 Å². The van der Waals surface area contributed by atoms with Crippen molar-refractivity contribution in [3.8, 4) is 0 Å². The minimum absolute atomic E-state index is 0.0279. The maximum Gasteiger partial charge on any atom is 0.257 e. The third-order valence-corrected chi connectivity index (χ3v) is 3.94. The maximum absolute atomic E-state index is 12.8. The molecule has 5 heteroatoms. The summed E-state index contributed by atoms with van der Waals surface area (Å²) in [4.78, 5) is 18.9. The smallest absolute Gasteiger partial charge is 0.257 e. The molecule has 0 saturated carbocycles. The van der Waals surface area contributed by atoms with Crippen LogP contribution >= 0.6 is 0 Å². The van der Waals surface area contributed by atoms with Gasteiger partial charge < -0.3 is 15.3 Å². The van der Waals surface area contributed by atoms with Crippen molar-refractivity contribution >= 4 is 11.6 Å². The highest BCUT2D eigenvalue weighted by molar-refractivity contribution is 5.99. The van der Waals surface area contributed by atoms with Gasteiger partial charge in [-0.15, -0.1) is 0 Å². The van der Waals surface area contributed by atoms with Crippen LogP contribution in [-0.4, -0.2) is 46.6 Å². The lowest BCUT2D eigenvalue weighted by Gasteiger charge is -2.35. The van der Waals surface area contributed by atoms with E-state index in [0.717, 1.165) is 43.6 Å². The Bertz CT molecular complexity index is 490. The van der Waals surface area contributed by atoms with E-state index in [-0.39, 0.29) is 18.6 Å². The van der Waals surface area contributed by atoms with Gasteiger partial charge in [-0.1, -0.05) is 6.92 Å². The first-order valence-electron chi connectivity index (χ1n) is 7.79. The van der Waals surface area contributed by atoms with Gasteiger partial charge in [0.05, 0.1) is 23.9 Å². The Labute approximate surface area is 126 Å². The summed E-state index contributed by atoms with van der Waals surface area (Å²) in [7, 11) is 0. The van der Waals surface area contributed by atoms with Gasteiger partial charge in [0.1, 0.15) is 0 Å². The molecule has 0 spiro atoms. The normalized spacial score (nSPS) is 18.6. The Balaban J connectivity index is 2.24. The third kappa shape index (κ3) is 3.73. The van der Waals surface area contributed by atoms with Crippen LogP contribution in [0.2, 0.25) is 0 Å². The Morgan fingerprint density at radius 2 is 2.33 bits per heavy atom. The van der Waals surface area contributed by atoms with E-state index < -0.39 is 0 Å². The number of carbonyl (C=O) groups excluding carboxylic acids is 1. The molecule has 5 nitrogen and oxygen atoms in total. The fraction of sp³-hybridized carbons (Fsp3) is 0.625. The summed E-state index contributed by atoms with van der Waals surface area (Å²) in [5.41, 5.74) is 2.34. The lowest BCUT2D eigenvalue weighted by atomic mass is 10.0. The molecule has 2 rings (SSSR count). The maximum atomic E-state index is 12.8. The first kappa shape index (κ1) is 15.8. The Morgan fingerprint density at radius 3 is 3.05 bits per heavy atom. The number of aryl methyl sites for hydroxylation is 1. The number of carbonyl (C=O) groups is 1. The Hall–Kier alpha value is -1.62. The van der Waals surface area contributed by atoms with Gasteiger partial charge in [0, 0.05) is 25.0 Å². The molecule has 1 unspecified atom stereocenters. The number of aliphatic hydroxyl groups is 1. The molecule has 1 fully saturated rings. The van der Waals surface area contributed by atoms with Crippen molar-refractivity contribution in [1.29, 1.82) is 0 Å². The number of amides is 1. The van der Waals surface area contributed by atoms with Gasteiger partial charge in [-0.05, 0) is 38.7 Å². The molecular formula is C16H25N3O2. The molecule has 2 N–H and O–H groups in total. The Kier molecular flexibility index (Phi) is 5.56. The number of hydrogen-bond acceptors (Lipinski definition) is 4. The second kappa shape index (κ2) is 7.41. The zero-order chi connectivity index (χ0) is 15.2. The zero-order valence-corrected chi connectivity index (χ0v) is 12.9. The molecule has 116 valence electrons. The highest BCUT2D eigenvalue weighted by atomic mass is 16.3. The number of likely N-dealkylation sites (tertiary alicyclic amines) is 1. The molecule has 1 aliphatic heterocycles. The summed E-state index contributed by atoms with van der Waals surface area (Å²) >= 11 is 0. The summed E-state index contributed by atoms with van der Waals surface area (Å²) in [6.07, 6.45) is 5.59. The van der Waals surface area contributed by atoms with Gasteiger partial charge in [-0.3, -0.25) is 9.78 Å². The molecule has 0 bridgehead atoms. The highest BCUT2D eigenvalue weighted by Gasteiger charge is 2.28. The molecule has 1 amide bonds. The molecule has 0 radical (unpaired) electrons. The minimum Gasteiger partial charge on any atom is -0.394 e. The van der Waals surface area contributed by atoms with Crippen molar-refractivity contribution < 1.29 is 9.90 Å². The van der Waals surface area contributed by atoms with Gasteiger partial charge in [0.15, 0.2) is 0 Å². The molecular weight excluding hydrogens is 266 g/mol. The Morgan fingerprint density at radius 1 is 1.52 bits per heavy atom. The lowest BCUT2D eigenvalue weighted by molar-refractivity contribution is 0.0503. The third-order valence-electron chi connectivity index (χ3n) is 3.94. The van der Waals surface area contributed by atoms with Crippen LogP contribution in [0, 0.1) is 6.92 Å². The van der Waals surface area contributed by atoms with Crippen LogP contribution in [-0.2, 0) is 0 Å². The van der Waals surface area contributed by atoms with Crippen molar-refractivity contribution in [1.82, 2.24) is 9.88 Å². The fourth-order valence-corrected chi connectivity index (χ4v) is 2.75. The molecule has 0 aromatic carbocycles. The molecule has 21 heavy (non-hydrogen) atoms. The lowest BCUT2D eigenvalue weighted by Crippen LogP contribution is -2.45. The zero-order valence-electron chi connectivity index (χ0n) is 12.9. The number of aromatic nitrogens is 1.